The van der Waals surface area contributed by atoms with Crippen LogP contribution in [0.3, 0.4) is 0 Å². The summed E-state index contributed by atoms with van der Waals surface area (Å²) < 4.78 is 0. The van der Waals surface area contributed by atoms with E-state index in [-0.39, 0.29) is 11.9 Å². The van der Waals surface area contributed by atoms with Crippen LogP contribution in [-0.2, 0) is 4.79 Å². The van der Waals surface area contributed by atoms with Gasteiger partial charge in [-0.3, -0.25) is 4.79 Å². The quantitative estimate of drug-likeness (QED) is 0.840. The highest BCUT2D eigenvalue weighted by Crippen LogP contribution is 2.25. The second kappa shape index (κ2) is 6.03. The molecule has 18 heavy (non-hydrogen) atoms. The average Bonchev–Trinajstić information content (AvgIpc) is 2.33. The minimum atomic E-state index is 0.203. The zero-order chi connectivity index (χ0) is 13.0. The third kappa shape index (κ3) is 3.34. The van der Waals surface area contributed by atoms with E-state index in [4.69, 9.17) is 0 Å². The first-order chi connectivity index (χ1) is 8.66. The van der Waals surface area contributed by atoms with Crippen LogP contribution < -0.4 is 5.32 Å². The number of amides is 1. The van der Waals surface area contributed by atoms with Gasteiger partial charge in [-0.1, -0.05) is 51.0 Å². The summed E-state index contributed by atoms with van der Waals surface area (Å²) >= 11 is 0. The minimum Gasteiger partial charge on any atom is -0.349 e. The van der Waals surface area contributed by atoms with Crippen molar-refractivity contribution in [3.8, 4) is 0 Å². The molecule has 0 radical (unpaired) electrons. The van der Waals surface area contributed by atoms with Gasteiger partial charge in [0.25, 0.3) is 0 Å². The third-order valence-electron chi connectivity index (χ3n) is 3.71. The summed E-state index contributed by atoms with van der Waals surface area (Å²) in [6, 6.07) is 8.86. The van der Waals surface area contributed by atoms with Crippen LogP contribution >= 0.6 is 0 Å². The molecule has 2 heteroatoms. The van der Waals surface area contributed by atoms with Crippen LogP contribution in [-0.4, -0.2) is 5.91 Å². The van der Waals surface area contributed by atoms with Crippen molar-refractivity contribution in [3.63, 3.8) is 0 Å². The van der Waals surface area contributed by atoms with E-state index in [0.717, 1.165) is 12.8 Å². The summed E-state index contributed by atoms with van der Waals surface area (Å²) in [5.41, 5.74) is 2.61. The Kier molecular flexibility index (Phi) is 4.40. The Balaban J connectivity index is 2.17. The lowest BCUT2D eigenvalue weighted by molar-refractivity contribution is -0.122. The maximum Gasteiger partial charge on any atom is 0.220 e. The van der Waals surface area contributed by atoms with E-state index in [1.807, 2.05) is 0 Å². The molecule has 1 amide bonds. The van der Waals surface area contributed by atoms with Gasteiger partial charge in [-0.25, -0.2) is 0 Å². The summed E-state index contributed by atoms with van der Waals surface area (Å²) in [5, 5.41) is 3.16. The number of hydrogen-bond acceptors (Lipinski definition) is 1. The topological polar surface area (TPSA) is 29.1 Å². The smallest absolute Gasteiger partial charge is 0.220 e. The molecule has 1 aliphatic rings. The predicted molar refractivity (Wildman–Crippen MR) is 74.5 cm³/mol. The fourth-order valence-corrected chi connectivity index (χ4v) is 2.53. The maximum absolute atomic E-state index is 11.7. The Morgan fingerprint density at radius 1 is 1.22 bits per heavy atom. The van der Waals surface area contributed by atoms with Crippen molar-refractivity contribution < 1.29 is 4.79 Å². The highest BCUT2D eigenvalue weighted by atomic mass is 16.1. The lowest BCUT2D eigenvalue weighted by Gasteiger charge is -2.22. The Labute approximate surface area is 110 Å². The van der Waals surface area contributed by atoms with E-state index in [0.29, 0.717) is 12.3 Å². The van der Waals surface area contributed by atoms with Crippen molar-refractivity contribution >= 4 is 5.91 Å². The SMILES string of the molecule is CC(C)c1cccc(C2CCCCCC(=O)N2)c1. The van der Waals surface area contributed by atoms with Gasteiger partial charge in [-0.05, 0) is 29.9 Å². The van der Waals surface area contributed by atoms with Crippen LogP contribution in [0.1, 0.15) is 69.0 Å². The normalized spacial score (nSPS) is 21.3. The zero-order valence-corrected chi connectivity index (χ0v) is 11.4. The summed E-state index contributed by atoms with van der Waals surface area (Å²) in [5.74, 6) is 0.740. The Bertz CT molecular complexity index is 411. The van der Waals surface area contributed by atoms with E-state index in [2.05, 4.69) is 43.4 Å². The van der Waals surface area contributed by atoms with Gasteiger partial charge in [0, 0.05) is 6.42 Å². The molecule has 2 rings (SSSR count). The molecule has 0 saturated carbocycles. The molecule has 2 nitrogen and oxygen atoms in total. The van der Waals surface area contributed by atoms with Crippen molar-refractivity contribution in [1.29, 1.82) is 0 Å². The van der Waals surface area contributed by atoms with Crippen molar-refractivity contribution in [2.45, 2.75) is 57.9 Å². The molecular formula is C16H23NO. The van der Waals surface area contributed by atoms with Crippen molar-refractivity contribution in [2.75, 3.05) is 0 Å². The second-order valence-electron chi connectivity index (χ2n) is 5.54. The molecule has 1 N–H and O–H groups in total. The maximum atomic E-state index is 11.7. The number of carbonyl (C=O) groups excluding carboxylic acids is 1. The van der Waals surface area contributed by atoms with Crippen LogP contribution in [0.2, 0.25) is 0 Å². The number of benzene rings is 1. The van der Waals surface area contributed by atoms with Crippen LogP contribution in [0.15, 0.2) is 24.3 Å². The summed E-state index contributed by atoms with van der Waals surface area (Å²) in [4.78, 5) is 11.7. The molecule has 0 aliphatic carbocycles. The Hall–Kier alpha value is -1.31. The summed E-state index contributed by atoms with van der Waals surface area (Å²) in [6.07, 6.45) is 5.16. The monoisotopic (exact) mass is 245 g/mol. The molecule has 0 bridgehead atoms. The highest BCUT2D eigenvalue weighted by molar-refractivity contribution is 5.76. The minimum absolute atomic E-state index is 0.203. The van der Waals surface area contributed by atoms with Gasteiger partial charge in [-0.15, -0.1) is 0 Å². The number of carbonyl (C=O) groups is 1. The van der Waals surface area contributed by atoms with E-state index in [1.54, 1.807) is 0 Å². The Morgan fingerprint density at radius 2 is 2.06 bits per heavy atom. The molecule has 1 fully saturated rings. The van der Waals surface area contributed by atoms with E-state index >= 15 is 0 Å². The summed E-state index contributed by atoms with van der Waals surface area (Å²) in [6.45, 7) is 4.41. The number of hydrogen-bond donors (Lipinski definition) is 1. The predicted octanol–water partition coefficient (Wildman–Crippen LogP) is 3.93. The van der Waals surface area contributed by atoms with E-state index in [9.17, 15) is 4.79 Å². The highest BCUT2D eigenvalue weighted by Gasteiger charge is 2.17. The molecule has 1 saturated heterocycles. The lowest BCUT2D eigenvalue weighted by atomic mass is 9.94. The van der Waals surface area contributed by atoms with E-state index in [1.165, 1.54) is 24.0 Å². The molecule has 98 valence electrons. The number of nitrogens with one attached hydrogen (secondary N) is 1. The van der Waals surface area contributed by atoms with Crippen LogP contribution in [0.25, 0.3) is 0 Å². The molecule has 1 atom stereocenters. The fourth-order valence-electron chi connectivity index (χ4n) is 2.53. The van der Waals surface area contributed by atoms with Gasteiger partial charge >= 0.3 is 0 Å². The second-order valence-corrected chi connectivity index (χ2v) is 5.54. The fraction of sp³-hybridized carbons (Fsp3) is 0.562. The first-order valence-electron chi connectivity index (χ1n) is 7.06. The van der Waals surface area contributed by atoms with Crippen LogP contribution in [0.5, 0.6) is 0 Å². The van der Waals surface area contributed by atoms with Crippen molar-refractivity contribution in [3.05, 3.63) is 35.4 Å². The largest absolute Gasteiger partial charge is 0.349 e. The molecular weight excluding hydrogens is 222 g/mol. The average molecular weight is 245 g/mol. The molecule has 0 spiro atoms. The first kappa shape index (κ1) is 13.1. The van der Waals surface area contributed by atoms with Crippen LogP contribution in [0, 0.1) is 0 Å². The standard InChI is InChI=1S/C16H23NO/c1-12(2)13-7-6-8-14(11-13)15-9-4-3-5-10-16(18)17-15/h6-8,11-12,15H,3-5,9-10H2,1-2H3,(H,17,18). The summed E-state index contributed by atoms with van der Waals surface area (Å²) in [7, 11) is 0. The molecule has 1 unspecified atom stereocenters. The molecule has 1 aromatic rings. The van der Waals surface area contributed by atoms with Crippen molar-refractivity contribution in [2.24, 2.45) is 0 Å². The zero-order valence-electron chi connectivity index (χ0n) is 11.4. The third-order valence-corrected chi connectivity index (χ3v) is 3.71. The van der Waals surface area contributed by atoms with Crippen LogP contribution in [0.4, 0.5) is 0 Å². The first-order valence-corrected chi connectivity index (χ1v) is 7.06. The van der Waals surface area contributed by atoms with Gasteiger partial charge in [0.15, 0.2) is 0 Å². The van der Waals surface area contributed by atoms with Gasteiger partial charge < -0.3 is 5.32 Å². The van der Waals surface area contributed by atoms with Gasteiger partial charge in [0.1, 0.15) is 0 Å². The lowest BCUT2D eigenvalue weighted by Crippen LogP contribution is -2.29. The Morgan fingerprint density at radius 3 is 2.83 bits per heavy atom. The van der Waals surface area contributed by atoms with E-state index < -0.39 is 0 Å². The van der Waals surface area contributed by atoms with Gasteiger partial charge in [0.05, 0.1) is 6.04 Å². The van der Waals surface area contributed by atoms with Gasteiger partial charge in [0.2, 0.25) is 5.91 Å². The molecule has 1 aliphatic heterocycles. The molecule has 1 heterocycles. The number of rotatable bonds is 2. The van der Waals surface area contributed by atoms with Crippen molar-refractivity contribution in [1.82, 2.24) is 5.32 Å². The molecule has 0 aromatic heterocycles. The van der Waals surface area contributed by atoms with Gasteiger partial charge in [-0.2, -0.15) is 0 Å². The molecule has 1 aromatic carbocycles.